The monoisotopic (exact) mass is 413 g/mol. The van der Waals surface area contributed by atoms with E-state index >= 15 is 0 Å². The molecule has 0 aliphatic carbocycles. The molecule has 1 aromatic carbocycles. The summed E-state index contributed by atoms with van der Waals surface area (Å²) in [6.07, 6.45) is 1.52. The number of H-pyrrole nitrogens is 1. The molecule has 0 radical (unpaired) electrons. The lowest BCUT2D eigenvalue weighted by molar-refractivity contribution is -0.0964. The maximum absolute atomic E-state index is 12.6. The van der Waals surface area contributed by atoms with Gasteiger partial charge in [-0.1, -0.05) is 11.6 Å². The zero-order valence-corrected chi connectivity index (χ0v) is 14.9. The lowest BCUT2D eigenvalue weighted by Gasteiger charge is -2.12. The number of nitrogens with two attached hydrogens (primary N) is 1. The Morgan fingerprint density at radius 1 is 1.26 bits per heavy atom. The number of aromatic nitrogens is 3. The van der Waals surface area contributed by atoms with Crippen LogP contribution in [0.3, 0.4) is 0 Å². The van der Waals surface area contributed by atoms with Gasteiger partial charge in [-0.25, -0.2) is 4.98 Å². The standard InChI is InChI=1S/C16H11Cl2F2N5O2/c17-13-10(12-5-6-22-25-12)7-11(14(21)24-13)15(26)23-8-1-3-9(4-2-8)27-16(18,19)20/h1-7H,(H2,21,24)(H,22,25)(H,23,26). The van der Waals surface area contributed by atoms with Gasteiger partial charge >= 0.3 is 5.57 Å². The number of aromatic amines is 1. The van der Waals surface area contributed by atoms with E-state index in [2.05, 4.69) is 25.2 Å². The maximum Gasteiger partial charge on any atom is 0.487 e. The van der Waals surface area contributed by atoms with E-state index in [1.54, 1.807) is 6.07 Å². The highest BCUT2D eigenvalue weighted by atomic mass is 35.5. The highest BCUT2D eigenvalue weighted by Gasteiger charge is 2.27. The Morgan fingerprint density at radius 3 is 2.56 bits per heavy atom. The number of carbonyl (C=O) groups excluding carboxylic acids is 1. The molecule has 3 aromatic rings. The summed E-state index contributed by atoms with van der Waals surface area (Å²) < 4.78 is 29.4. The molecule has 7 nitrogen and oxygen atoms in total. The van der Waals surface area contributed by atoms with E-state index in [1.165, 1.54) is 36.5 Å². The minimum absolute atomic E-state index is 0.0671. The quantitative estimate of drug-likeness (QED) is 0.430. The van der Waals surface area contributed by atoms with Gasteiger partial charge in [-0.05, 0) is 36.4 Å². The van der Waals surface area contributed by atoms with Crippen molar-refractivity contribution in [1.82, 2.24) is 15.2 Å². The third kappa shape index (κ3) is 4.63. The van der Waals surface area contributed by atoms with Gasteiger partial charge in [0.2, 0.25) is 0 Å². The van der Waals surface area contributed by atoms with Gasteiger partial charge in [0.15, 0.2) is 0 Å². The number of nitrogens with zero attached hydrogens (tertiary/aromatic N) is 2. The Labute approximate surface area is 161 Å². The van der Waals surface area contributed by atoms with E-state index in [-0.39, 0.29) is 22.3 Å². The van der Waals surface area contributed by atoms with Crippen molar-refractivity contribution in [3.8, 4) is 17.0 Å². The molecule has 0 aliphatic heterocycles. The number of alkyl halides is 3. The maximum atomic E-state index is 12.6. The second-order valence-corrected chi connectivity index (χ2v) is 6.05. The van der Waals surface area contributed by atoms with E-state index < -0.39 is 11.5 Å². The fourth-order valence-corrected chi connectivity index (χ4v) is 2.56. The van der Waals surface area contributed by atoms with Crippen molar-refractivity contribution in [2.24, 2.45) is 0 Å². The number of amides is 1. The molecule has 2 heterocycles. The molecule has 2 aromatic heterocycles. The minimum Gasteiger partial charge on any atom is -0.420 e. The fourth-order valence-electron chi connectivity index (χ4n) is 2.22. The van der Waals surface area contributed by atoms with Crippen molar-refractivity contribution in [2.75, 3.05) is 11.1 Å². The number of rotatable bonds is 5. The first kappa shape index (κ1) is 18.9. The SMILES string of the molecule is Nc1nc(Cl)c(-c2ccn[nH]2)cc1C(=O)Nc1ccc(OC(F)(F)Cl)cc1. The highest BCUT2D eigenvalue weighted by molar-refractivity contribution is 6.32. The lowest BCUT2D eigenvalue weighted by Crippen LogP contribution is -2.16. The summed E-state index contributed by atoms with van der Waals surface area (Å²) in [5.74, 6) is -0.793. The van der Waals surface area contributed by atoms with Crippen LogP contribution in [0.15, 0.2) is 42.6 Å². The number of nitrogens with one attached hydrogen (secondary N) is 2. The van der Waals surface area contributed by atoms with E-state index in [0.29, 0.717) is 16.9 Å². The Hall–Kier alpha value is -2.91. The molecule has 11 heteroatoms. The average molecular weight is 414 g/mol. The molecule has 0 spiro atoms. The van der Waals surface area contributed by atoms with Crippen LogP contribution in [0.5, 0.6) is 5.75 Å². The second-order valence-electron chi connectivity index (χ2n) is 5.26. The third-order valence-electron chi connectivity index (χ3n) is 3.39. The summed E-state index contributed by atoms with van der Waals surface area (Å²) in [6.45, 7) is 0. The van der Waals surface area contributed by atoms with E-state index in [9.17, 15) is 13.6 Å². The topological polar surface area (TPSA) is 106 Å². The summed E-state index contributed by atoms with van der Waals surface area (Å²) in [4.78, 5) is 16.5. The summed E-state index contributed by atoms with van der Waals surface area (Å²) in [5, 5.41) is 9.23. The van der Waals surface area contributed by atoms with Gasteiger partial charge < -0.3 is 15.8 Å². The van der Waals surface area contributed by atoms with Gasteiger partial charge in [-0.3, -0.25) is 9.89 Å². The average Bonchev–Trinajstić information content (AvgIpc) is 3.09. The number of nitrogen functional groups attached to an aromatic ring is 1. The minimum atomic E-state index is -3.82. The van der Waals surface area contributed by atoms with Crippen LogP contribution >= 0.6 is 23.2 Å². The molecule has 140 valence electrons. The molecular formula is C16H11Cl2F2N5O2. The number of benzene rings is 1. The van der Waals surface area contributed by atoms with Crippen LogP contribution in [-0.4, -0.2) is 26.7 Å². The van der Waals surface area contributed by atoms with Gasteiger partial charge in [0, 0.05) is 29.0 Å². The number of hydrogen-bond acceptors (Lipinski definition) is 5. The number of ether oxygens (including phenoxy) is 1. The molecule has 0 bridgehead atoms. The number of carbonyl (C=O) groups is 1. The molecule has 27 heavy (non-hydrogen) atoms. The predicted molar refractivity (Wildman–Crippen MR) is 97.1 cm³/mol. The van der Waals surface area contributed by atoms with Crippen LogP contribution < -0.4 is 15.8 Å². The first-order chi connectivity index (χ1) is 12.7. The Bertz CT molecular complexity index is 960. The first-order valence-corrected chi connectivity index (χ1v) is 8.11. The smallest absolute Gasteiger partial charge is 0.420 e. The van der Waals surface area contributed by atoms with Crippen molar-refractivity contribution >= 4 is 40.6 Å². The van der Waals surface area contributed by atoms with Crippen molar-refractivity contribution in [3.63, 3.8) is 0 Å². The molecule has 4 N–H and O–H groups in total. The van der Waals surface area contributed by atoms with Crippen molar-refractivity contribution in [3.05, 3.63) is 53.3 Å². The summed E-state index contributed by atoms with van der Waals surface area (Å²) >= 11 is 10.8. The predicted octanol–water partition coefficient (Wildman–Crippen LogP) is 4.13. The van der Waals surface area contributed by atoms with Gasteiger partial charge in [-0.15, -0.1) is 8.78 Å². The molecule has 0 atom stereocenters. The molecule has 1 amide bonds. The van der Waals surface area contributed by atoms with E-state index in [4.69, 9.17) is 28.9 Å². The van der Waals surface area contributed by atoms with Gasteiger partial charge in [0.1, 0.15) is 16.7 Å². The van der Waals surface area contributed by atoms with Crippen LogP contribution in [0.2, 0.25) is 5.15 Å². The molecular weight excluding hydrogens is 403 g/mol. The summed E-state index contributed by atoms with van der Waals surface area (Å²) in [7, 11) is 0. The van der Waals surface area contributed by atoms with Gasteiger partial charge in [-0.2, -0.15) is 5.10 Å². The zero-order chi connectivity index (χ0) is 19.6. The van der Waals surface area contributed by atoms with Gasteiger partial charge in [0.25, 0.3) is 5.91 Å². The first-order valence-electron chi connectivity index (χ1n) is 7.36. The summed E-state index contributed by atoms with van der Waals surface area (Å²) in [6, 6.07) is 8.32. The highest BCUT2D eigenvalue weighted by Crippen LogP contribution is 2.29. The molecule has 0 fully saturated rings. The van der Waals surface area contributed by atoms with Crippen LogP contribution in [0.25, 0.3) is 11.3 Å². The van der Waals surface area contributed by atoms with Crippen molar-refractivity contribution in [2.45, 2.75) is 5.57 Å². The molecule has 0 aliphatic rings. The van der Waals surface area contributed by atoms with Crippen LogP contribution in [0.4, 0.5) is 20.3 Å². The van der Waals surface area contributed by atoms with Crippen LogP contribution in [0, 0.1) is 0 Å². The largest absolute Gasteiger partial charge is 0.487 e. The van der Waals surface area contributed by atoms with Gasteiger partial charge in [0.05, 0.1) is 11.3 Å². The fraction of sp³-hybridized carbons (Fsp3) is 0.0625. The number of halogens is 4. The number of anilines is 2. The number of pyridine rings is 1. The van der Waals surface area contributed by atoms with E-state index in [1.807, 2.05) is 0 Å². The molecule has 0 saturated heterocycles. The molecule has 0 saturated carbocycles. The number of hydrogen-bond donors (Lipinski definition) is 3. The second kappa shape index (κ2) is 7.37. The molecule has 0 unspecified atom stereocenters. The zero-order valence-electron chi connectivity index (χ0n) is 13.3. The van der Waals surface area contributed by atoms with E-state index in [0.717, 1.165) is 0 Å². The van der Waals surface area contributed by atoms with Crippen LogP contribution in [-0.2, 0) is 0 Å². The van der Waals surface area contributed by atoms with Crippen LogP contribution in [0.1, 0.15) is 10.4 Å². The Kier molecular flexibility index (Phi) is 5.15. The van der Waals surface area contributed by atoms with Crippen molar-refractivity contribution < 1.29 is 18.3 Å². The summed E-state index contributed by atoms with van der Waals surface area (Å²) in [5.41, 5.74) is 3.38. The Morgan fingerprint density at radius 2 is 1.96 bits per heavy atom. The third-order valence-corrected chi connectivity index (χ3v) is 3.75. The normalized spacial score (nSPS) is 11.3. The Balaban J connectivity index is 1.81. The lowest BCUT2D eigenvalue weighted by atomic mass is 10.1. The van der Waals surface area contributed by atoms with Crippen molar-refractivity contribution in [1.29, 1.82) is 0 Å². The molecule has 3 rings (SSSR count).